The Balaban J connectivity index is 1.57. The molecule has 3 rings (SSSR count). The highest BCUT2D eigenvalue weighted by molar-refractivity contribution is 7.08. The second-order valence-electron chi connectivity index (χ2n) is 6.36. The number of benzene rings is 2. The van der Waals surface area contributed by atoms with E-state index in [1.807, 2.05) is 34.3 Å². The molecule has 156 valence electrons. The smallest absolute Gasteiger partial charge is 0.387 e. The number of halogens is 3. The van der Waals surface area contributed by atoms with Crippen LogP contribution in [0.3, 0.4) is 0 Å². The third-order valence-corrected chi connectivity index (χ3v) is 4.98. The molecule has 2 aromatic carbocycles. The van der Waals surface area contributed by atoms with Gasteiger partial charge in [0.25, 0.3) is 0 Å². The van der Waals surface area contributed by atoms with Gasteiger partial charge in [-0.15, -0.1) is 0 Å². The average molecular weight is 434 g/mol. The molecule has 5 nitrogen and oxygen atoms in total. The Bertz CT molecular complexity index is 1020. The highest BCUT2D eigenvalue weighted by Gasteiger charge is 2.34. The maximum absolute atomic E-state index is 13.0. The van der Waals surface area contributed by atoms with Crippen LogP contribution in [0, 0.1) is 0 Å². The average Bonchev–Trinajstić information content (AvgIpc) is 3.26. The van der Waals surface area contributed by atoms with Crippen molar-refractivity contribution in [2.24, 2.45) is 0 Å². The lowest BCUT2D eigenvalue weighted by Gasteiger charge is -2.15. The van der Waals surface area contributed by atoms with E-state index in [-0.39, 0.29) is 6.54 Å². The predicted molar refractivity (Wildman–Crippen MR) is 108 cm³/mol. The van der Waals surface area contributed by atoms with E-state index in [1.54, 1.807) is 23.5 Å². The molecule has 0 aliphatic carbocycles. The van der Waals surface area contributed by atoms with Crippen LogP contribution in [0.2, 0.25) is 0 Å². The van der Waals surface area contributed by atoms with Gasteiger partial charge < -0.3 is 15.7 Å². The Labute approximate surface area is 174 Å². The van der Waals surface area contributed by atoms with E-state index in [9.17, 15) is 27.9 Å². The van der Waals surface area contributed by atoms with E-state index in [1.165, 1.54) is 12.1 Å². The normalized spacial score (nSPS) is 12.3. The zero-order valence-corrected chi connectivity index (χ0v) is 16.3. The van der Waals surface area contributed by atoms with Crippen molar-refractivity contribution in [1.82, 2.24) is 5.32 Å². The van der Waals surface area contributed by atoms with Gasteiger partial charge in [-0.1, -0.05) is 36.4 Å². The van der Waals surface area contributed by atoms with Gasteiger partial charge in [0, 0.05) is 6.54 Å². The number of nitrogens with one attached hydrogen (secondary N) is 2. The molecule has 1 aromatic heterocycles. The molecule has 30 heavy (non-hydrogen) atoms. The predicted octanol–water partition coefficient (Wildman–Crippen LogP) is 4.22. The van der Waals surface area contributed by atoms with Crippen LogP contribution in [-0.4, -0.2) is 23.5 Å². The lowest BCUT2D eigenvalue weighted by atomic mass is 10.0. The quantitative estimate of drug-likeness (QED) is 0.526. The Morgan fingerprint density at radius 3 is 2.30 bits per heavy atom. The number of carbonyl (C=O) groups is 2. The number of amides is 2. The number of hydrogen-bond donors (Lipinski definition) is 3. The first kappa shape index (κ1) is 21.5. The van der Waals surface area contributed by atoms with Crippen LogP contribution < -0.4 is 10.6 Å². The van der Waals surface area contributed by atoms with Gasteiger partial charge in [0.1, 0.15) is 0 Å². The van der Waals surface area contributed by atoms with Gasteiger partial charge in [-0.25, -0.2) is 0 Å². The SMILES string of the molecule is O=C(NC[C@H](O)c1ccc(-c2ccsc2)cc1)C(=O)Nc1ccccc1C(F)(F)F. The number of thiophene rings is 1. The second kappa shape index (κ2) is 9.10. The first-order valence-electron chi connectivity index (χ1n) is 8.81. The molecule has 3 N–H and O–H groups in total. The fourth-order valence-electron chi connectivity index (χ4n) is 2.73. The molecule has 1 heterocycles. The topological polar surface area (TPSA) is 78.4 Å². The molecule has 0 aliphatic heterocycles. The van der Waals surface area contributed by atoms with Crippen molar-refractivity contribution in [2.75, 3.05) is 11.9 Å². The third-order valence-electron chi connectivity index (χ3n) is 4.29. The highest BCUT2D eigenvalue weighted by atomic mass is 32.1. The van der Waals surface area contributed by atoms with E-state index < -0.39 is 35.3 Å². The van der Waals surface area contributed by atoms with Crippen molar-refractivity contribution in [3.63, 3.8) is 0 Å². The number of hydrogen-bond acceptors (Lipinski definition) is 4. The van der Waals surface area contributed by atoms with Gasteiger partial charge in [-0.2, -0.15) is 24.5 Å². The van der Waals surface area contributed by atoms with Gasteiger partial charge in [-0.3, -0.25) is 9.59 Å². The highest BCUT2D eigenvalue weighted by Crippen LogP contribution is 2.34. The first-order valence-corrected chi connectivity index (χ1v) is 9.76. The number of carbonyl (C=O) groups excluding carboxylic acids is 2. The number of alkyl halides is 3. The monoisotopic (exact) mass is 434 g/mol. The Morgan fingerprint density at radius 2 is 1.67 bits per heavy atom. The van der Waals surface area contributed by atoms with Crippen molar-refractivity contribution in [2.45, 2.75) is 12.3 Å². The summed E-state index contributed by atoms with van der Waals surface area (Å²) in [6.07, 6.45) is -5.76. The van der Waals surface area contributed by atoms with Crippen molar-refractivity contribution in [1.29, 1.82) is 0 Å². The third kappa shape index (κ3) is 5.25. The van der Waals surface area contributed by atoms with Gasteiger partial charge in [0.05, 0.1) is 17.4 Å². The summed E-state index contributed by atoms with van der Waals surface area (Å²) in [6.45, 7) is -0.273. The maximum atomic E-state index is 13.0. The second-order valence-corrected chi connectivity index (χ2v) is 7.14. The molecule has 0 aliphatic rings. The minimum atomic E-state index is -4.67. The van der Waals surface area contributed by atoms with Crippen LogP contribution in [0.15, 0.2) is 65.4 Å². The van der Waals surface area contributed by atoms with Crippen LogP contribution in [0.5, 0.6) is 0 Å². The minimum Gasteiger partial charge on any atom is -0.387 e. The number of rotatable bonds is 5. The first-order chi connectivity index (χ1) is 14.3. The maximum Gasteiger partial charge on any atom is 0.418 e. The lowest BCUT2D eigenvalue weighted by molar-refractivity contribution is -0.138. The molecule has 0 saturated heterocycles. The summed E-state index contributed by atoms with van der Waals surface area (Å²) < 4.78 is 38.9. The summed E-state index contributed by atoms with van der Waals surface area (Å²) in [5.74, 6) is -2.41. The van der Waals surface area contributed by atoms with Crippen molar-refractivity contribution in [3.05, 3.63) is 76.5 Å². The Hall–Kier alpha value is -3.17. The molecule has 0 radical (unpaired) electrons. The molecule has 0 spiro atoms. The van der Waals surface area contributed by atoms with Crippen LogP contribution >= 0.6 is 11.3 Å². The lowest BCUT2D eigenvalue weighted by Crippen LogP contribution is -2.38. The number of para-hydroxylation sites is 1. The molecule has 0 fully saturated rings. The van der Waals surface area contributed by atoms with E-state index in [4.69, 9.17) is 0 Å². The summed E-state index contributed by atoms with van der Waals surface area (Å²) >= 11 is 1.56. The van der Waals surface area contributed by atoms with E-state index in [0.29, 0.717) is 5.56 Å². The fourth-order valence-corrected chi connectivity index (χ4v) is 3.40. The van der Waals surface area contributed by atoms with E-state index in [0.717, 1.165) is 23.3 Å². The number of aliphatic hydroxyl groups excluding tert-OH is 1. The largest absolute Gasteiger partial charge is 0.418 e. The molecular formula is C21H17F3N2O3S. The molecule has 3 aromatic rings. The van der Waals surface area contributed by atoms with Gasteiger partial charge in [-0.05, 0) is 45.6 Å². The van der Waals surface area contributed by atoms with Crippen molar-refractivity contribution in [3.8, 4) is 11.1 Å². The minimum absolute atomic E-state index is 0.273. The van der Waals surface area contributed by atoms with Crippen LogP contribution in [-0.2, 0) is 15.8 Å². The zero-order chi connectivity index (χ0) is 21.7. The molecule has 1 atom stereocenters. The number of anilines is 1. The number of aliphatic hydroxyl groups is 1. The summed E-state index contributed by atoms with van der Waals surface area (Å²) in [6, 6.07) is 13.4. The molecule has 0 saturated carbocycles. The van der Waals surface area contributed by atoms with E-state index in [2.05, 4.69) is 5.32 Å². The van der Waals surface area contributed by atoms with Crippen LogP contribution in [0.4, 0.5) is 18.9 Å². The Morgan fingerprint density at radius 1 is 0.967 bits per heavy atom. The fraction of sp³-hybridized carbons (Fsp3) is 0.143. The summed E-state index contributed by atoms with van der Waals surface area (Å²) in [7, 11) is 0. The van der Waals surface area contributed by atoms with Crippen LogP contribution in [0.1, 0.15) is 17.2 Å². The standard InChI is InChI=1S/C21H17F3N2O3S/c22-21(23,24)16-3-1-2-4-17(16)26-20(29)19(28)25-11-18(27)14-7-5-13(6-8-14)15-9-10-30-12-15/h1-10,12,18,27H,11H2,(H,25,28)(H,26,29)/t18-/m0/s1. The zero-order valence-electron chi connectivity index (χ0n) is 15.4. The van der Waals surface area contributed by atoms with Gasteiger partial charge >= 0.3 is 18.0 Å². The van der Waals surface area contributed by atoms with Gasteiger partial charge in [0.2, 0.25) is 0 Å². The van der Waals surface area contributed by atoms with Gasteiger partial charge in [0.15, 0.2) is 0 Å². The van der Waals surface area contributed by atoms with Crippen LogP contribution in [0.25, 0.3) is 11.1 Å². The summed E-state index contributed by atoms with van der Waals surface area (Å²) in [5, 5.41) is 18.3. The van der Waals surface area contributed by atoms with Crippen molar-refractivity contribution >= 4 is 28.8 Å². The molecule has 2 amide bonds. The summed E-state index contributed by atoms with van der Waals surface area (Å²) in [5.41, 5.74) is 0.966. The molecule has 9 heteroatoms. The molecule has 0 unspecified atom stereocenters. The van der Waals surface area contributed by atoms with E-state index >= 15 is 0 Å². The molecule has 0 bridgehead atoms. The summed E-state index contributed by atoms with van der Waals surface area (Å²) in [4.78, 5) is 23.9. The Kier molecular flexibility index (Phi) is 6.53. The van der Waals surface area contributed by atoms with Crippen molar-refractivity contribution < 1.29 is 27.9 Å². The molecular weight excluding hydrogens is 417 g/mol.